The smallest absolute Gasteiger partial charge is 0.326 e. The van der Waals surface area contributed by atoms with Crippen LogP contribution in [0.5, 0.6) is 0 Å². The number of carbonyl (C=O) groups is 3. The number of hydrogen-bond acceptors (Lipinski definition) is 6. The number of esters is 1. The minimum atomic E-state index is -0.591. The third kappa shape index (κ3) is 4.13. The van der Waals surface area contributed by atoms with Gasteiger partial charge in [0.2, 0.25) is 0 Å². The molecule has 1 aromatic carbocycles. The third-order valence-electron chi connectivity index (χ3n) is 3.17. The summed E-state index contributed by atoms with van der Waals surface area (Å²) in [5, 5.41) is -0.459. The summed E-state index contributed by atoms with van der Waals surface area (Å²) in [4.78, 5) is 38.7. The Hall–Kier alpha value is -2.28. The maximum Gasteiger partial charge on any atom is 0.326 e. The standard InChI is InChI=1S/C16H18N2O4S/c1-4-22-14(19)10-18-15(20)13(23-16(18)21)9-11-5-7-12(8-6-11)17(2)3/h5-9H,4,10H2,1-3H3. The van der Waals surface area contributed by atoms with Crippen molar-refractivity contribution in [2.75, 3.05) is 32.1 Å². The lowest BCUT2D eigenvalue weighted by Crippen LogP contribution is -2.34. The minimum absolute atomic E-state index is 0.211. The van der Waals surface area contributed by atoms with Gasteiger partial charge in [0.1, 0.15) is 6.54 Å². The van der Waals surface area contributed by atoms with E-state index in [0.29, 0.717) is 4.91 Å². The fourth-order valence-electron chi connectivity index (χ4n) is 1.99. The molecule has 0 aromatic heterocycles. The Bertz CT molecular complexity index is 653. The van der Waals surface area contributed by atoms with Gasteiger partial charge in [-0.25, -0.2) is 0 Å². The molecule has 1 aliphatic heterocycles. The molecule has 1 aliphatic rings. The van der Waals surface area contributed by atoms with Crippen LogP contribution in [-0.2, 0) is 14.3 Å². The maximum atomic E-state index is 12.2. The van der Waals surface area contributed by atoms with Gasteiger partial charge >= 0.3 is 5.97 Å². The molecular weight excluding hydrogens is 316 g/mol. The van der Waals surface area contributed by atoms with Crippen molar-refractivity contribution in [1.29, 1.82) is 0 Å². The van der Waals surface area contributed by atoms with Crippen molar-refractivity contribution in [1.82, 2.24) is 4.90 Å². The van der Waals surface area contributed by atoms with Crippen LogP contribution in [-0.4, -0.2) is 49.3 Å². The second kappa shape index (κ2) is 7.32. The number of benzene rings is 1. The maximum absolute atomic E-state index is 12.2. The van der Waals surface area contributed by atoms with Crippen molar-refractivity contribution in [2.45, 2.75) is 6.92 Å². The van der Waals surface area contributed by atoms with E-state index in [1.165, 1.54) is 0 Å². The van der Waals surface area contributed by atoms with Gasteiger partial charge in [0.25, 0.3) is 11.1 Å². The molecule has 0 atom stereocenters. The molecule has 0 N–H and O–H groups in total. The van der Waals surface area contributed by atoms with E-state index >= 15 is 0 Å². The van der Waals surface area contributed by atoms with Crippen LogP contribution in [0.2, 0.25) is 0 Å². The van der Waals surface area contributed by atoms with Crippen LogP contribution >= 0.6 is 11.8 Å². The molecule has 0 aliphatic carbocycles. The molecule has 0 radical (unpaired) electrons. The normalized spacial score (nSPS) is 16.1. The summed E-state index contributed by atoms with van der Waals surface area (Å²) in [5.41, 5.74) is 1.86. The molecule has 0 saturated carbocycles. The first-order valence-electron chi connectivity index (χ1n) is 7.10. The molecule has 1 aromatic rings. The fraction of sp³-hybridized carbons (Fsp3) is 0.312. The first kappa shape index (κ1) is 17.1. The number of hydrogen-bond donors (Lipinski definition) is 0. The lowest BCUT2D eigenvalue weighted by atomic mass is 10.2. The van der Waals surface area contributed by atoms with Crippen molar-refractivity contribution in [3.05, 3.63) is 34.7 Å². The number of amides is 2. The summed E-state index contributed by atoms with van der Waals surface area (Å²) in [7, 11) is 3.88. The molecule has 122 valence electrons. The predicted molar refractivity (Wildman–Crippen MR) is 90.1 cm³/mol. The van der Waals surface area contributed by atoms with Crippen molar-refractivity contribution in [3.63, 3.8) is 0 Å². The van der Waals surface area contributed by atoms with Crippen molar-refractivity contribution < 1.29 is 19.1 Å². The number of rotatable bonds is 5. The van der Waals surface area contributed by atoms with E-state index in [1.54, 1.807) is 13.0 Å². The molecular formula is C16H18N2O4S. The van der Waals surface area contributed by atoms with E-state index in [4.69, 9.17) is 4.74 Å². The Labute approximate surface area is 139 Å². The highest BCUT2D eigenvalue weighted by atomic mass is 32.2. The summed E-state index contributed by atoms with van der Waals surface area (Å²) in [6.45, 7) is 1.53. The average molecular weight is 334 g/mol. The highest BCUT2D eigenvalue weighted by Gasteiger charge is 2.36. The van der Waals surface area contributed by atoms with E-state index < -0.39 is 17.1 Å². The van der Waals surface area contributed by atoms with Crippen molar-refractivity contribution in [2.24, 2.45) is 0 Å². The molecule has 2 amide bonds. The molecule has 1 heterocycles. The first-order chi connectivity index (χ1) is 10.9. The largest absolute Gasteiger partial charge is 0.465 e. The summed E-state index contributed by atoms with van der Waals surface area (Å²) < 4.78 is 4.77. The molecule has 23 heavy (non-hydrogen) atoms. The number of imide groups is 1. The van der Waals surface area contributed by atoms with E-state index in [0.717, 1.165) is 27.9 Å². The summed E-state index contributed by atoms with van der Waals surface area (Å²) >= 11 is 0.828. The summed E-state index contributed by atoms with van der Waals surface area (Å²) in [6.07, 6.45) is 1.65. The van der Waals surface area contributed by atoms with Crippen LogP contribution in [0.25, 0.3) is 6.08 Å². The molecule has 7 heteroatoms. The second-order valence-corrected chi connectivity index (χ2v) is 6.05. The Balaban J connectivity index is 2.13. The lowest BCUT2D eigenvalue weighted by molar-refractivity contribution is -0.145. The van der Waals surface area contributed by atoms with Crippen molar-refractivity contribution >= 4 is 40.6 Å². The van der Waals surface area contributed by atoms with Crippen molar-refractivity contribution in [3.8, 4) is 0 Å². The van der Waals surface area contributed by atoms with Crippen LogP contribution in [0.4, 0.5) is 10.5 Å². The second-order valence-electron chi connectivity index (χ2n) is 5.06. The number of ether oxygens (including phenoxy) is 1. The highest BCUT2D eigenvalue weighted by Crippen LogP contribution is 2.32. The number of nitrogens with zero attached hydrogens (tertiary/aromatic N) is 2. The third-order valence-corrected chi connectivity index (χ3v) is 4.08. The first-order valence-corrected chi connectivity index (χ1v) is 7.92. The van der Waals surface area contributed by atoms with Gasteiger partial charge in [-0.05, 0) is 42.5 Å². The Morgan fingerprint density at radius 1 is 1.26 bits per heavy atom. The predicted octanol–water partition coefficient (Wildman–Crippen LogP) is 2.35. The van der Waals surface area contributed by atoms with Gasteiger partial charge in [-0.2, -0.15) is 0 Å². The highest BCUT2D eigenvalue weighted by molar-refractivity contribution is 8.18. The van der Waals surface area contributed by atoms with E-state index in [2.05, 4.69) is 0 Å². The monoisotopic (exact) mass is 334 g/mol. The molecule has 6 nitrogen and oxygen atoms in total. The molecule has 0 bridgehead atoms. The quantitative estimate of drug-likeness (QED) is 0.608. The van der Waals surface area contributed by atoms with Crippen LogP contribution in [0.15, 0.2) is 29.2 Å². The van der Waals surface area contributed by atoms with Gasteiger partial charge in [0.15, 0.2) is 0 Å². The van der Waals surface area contributed by atoms with Gasteiger partial charge in [-0.15, -0.1) is 0 Å². The minimum Gasteiger partial charge on any atom is -0.465 e. The van der Waals surface area contributed by atoms with Crippen LogP contribution in [0.1, 0.15) is 12.5 Å². The molecule has 0 unspecified atom stereocenters. The Morgan fingerprint density at radius 2 is 1.91 bits per heavy atom. The van der Waals surface area contributed by atoms with Gasteiger partial charge in [0, 0.05) is 19.8 Å². The van der Waals surface area contributed by atoms with E-state index in [9.17, 15) is 14.4 Å². The van der Waals surface area contributed by atoms with Gasteiger partial charge in [-0.1, -0.05) is 12.1 Å². The SMILES string of the molecule is CCOC(=O)CN1C(=O)SC(=Cc2ccc(N(C)C)cc2)C1=O. The molecule has 2 rings (SSSR count). The van der Waals surface area contributed by atoms with E-state index in [1.807, 2.05) is 43.3 Å². The molecule has 1 saturated heterocycles. The fourth-order valence-corrected chi connectivity index (χ4v) is 2.83. The Kier molecular flexibility index (Phi) is 5.44. The van der Waals surface area contributed by atoms with Gasteiger partial charge in [0.05, 0.1) is 11.5 Å². The summed E-state index contributed by atoms with van der Waals surface area (Å²) in [5.74, 6) is -1.06. The average Bonchev–Trinajstić information content (AvgIpc) is 2.76. The van der Waals surface area contributed by atoms with E-state index in [-0.39, 0.29) is 13.2 Å². The number of anilines is 1. The topological polar surface area (TPSA) is 66.9 Å². The zero-order valence-corrected chi connectivity index (χ0v) is 14.1. The van der Waals surface area contributed by atoms with Crippen LogP contribution in [0, 0.1) is 0 Å². The number of thioether (sulfide) groups is 1. The zero-order chi connectivity index (χ0) is 17.0. The molecule has 1 fully saturated rings. The zero-order valence-electron chi connectivity index (χ0n) is 13.2. The summed E-state index contributed by atoms with van der Waals surface area (Å²) in [6, 6.07) is 7.59. The van der Waals surface area contributed by atoms with Crippen LogP contribution in [0.3, 0.4) is 0 Å². The Morgan fingerprint density at radius 3 is 2.48 bits per heavy atom. The lowest BCUT2D eigenvalue weighted by Gasteiger charge is -2.12. The number of carbonyl (C=O) groups excluding carboxylic acids is 3. The van der Waals surface area contributed by atoms with Crippen LogP contribution < -0.4 is 4.90 Å². The molecule has 0 spiro atoms. The van der Waals surface area contributed by atoms with Gasteiger partial charge in [-0.3, -0.25) is 19.3 Å². The van der Waals surface area contributed by atoms with Gasteiger partial charge < -0.3 is 9.64 Å².